The third-order valence-corrected chi connectivity index (χ3v) is 6.32. The summed E-state index contributed by atoms with van der Waals surface area (Å²) in [5, 5.41) is 3.59. The average Bonchev–Trinajstić information content (AvgIpc) is 2.85. The van der Waals surface area contributed by atoms with E-state index < -0.39 is 0 Å². The molecule has 1 N–H and O–H groups in total. The van der Waals surface area contributed by atoms with Gasteiger partial charge in [-0.2, -0.15) is 0 Å². The minimum absolute atomic E-state index is 0.164. The number of piperidine rings is 1. The minimum atomic E-state index is -0.164. The molecule has 184 valence electrons. The van der Waals surface area contributed by atoms with Gasteiger partial charge >= 0.3 is 0 Å². The van der Waals surface area contributed by atoms with Crippen LogP contribution in [0.5, 0.6) is 5.75 Å². The van der Waals surface area contributed by atoms with E-state index in [1.54, 1.807) is 6.07 Å². The molecule has 0 radical (unpaired) electrons. The van der Waals surface area contributed by atoms with Crippen molar-refractivity contribution >= 4 is 23.3 Å². The van der Waals surface area contributed by atoms with Crippen LogP contribution >= 0.6 is 11.6 Å². The number of likely N-dealkylation sites (tertiary alicyclic amines) is 1. The monoisotopic (exact) mass is 491 g/mol. The molecule has 0 spiro atoms. The molecule has 2 aromatic carbocycles. The first-order chi connectivity index (χ1) is 17.0. The highest BCUT2D eigenvalue weighted by Crippen LogP contribution is 2.26. The zero-order valence-electron chi connectivity index (χ0n) is 20.6. The van der Waals surface area contributed by atoms with Crippen LogP contribution in [0.4, 0.5) is 5.82 Å². The largest absolute Gasteiger partial charge is 0.493 e. The lowest BCUT2D eigenvalue weighted by Crippen LogP contribution is -2.29. The topological polar surface area (TPSA) is 54.5 Å². The van der Waals surface area contributed by atoms with Gasteiger partial charge in [0.2, 0.25) is 0 Å². The van der Waals surface area contributed by atoms with Crippen molar-refractivity contribution in [1.82, 2.24) is 9.88 Å². The van der Waals surface area contributed by atoms with Crippen LogP contribution in [0.3, 0.4) is 0 Å². The standard InChI is InChI=1S/C29H34ClN3O2/c1-21(2)20-35-27-14-13-25(30)17-24(27)18-26-7-6-8-28(31-26)32-29(34)23-11-9-22(10-12-23)19-33-15-4-3-5-16-33/h6-14,17,21H,3-5,15-16,18-20H2,1-2H3,(H,31,32,34). The smallest absolute Gasteiger partial charge is 0.256 e. The summed E-state index contributed by atoms with van der Waals surface area (Å²) in [5.41, 5.74) is 3.66. The van der Waals surface area contributed by atoms with Gasteiger partial charge in [-0.05, 0) is 79.9 Å². The number of ether oxygens (including phenoxy) is 1. The van der Waals surface area contributed by atoms with Crippen molar-refractivity contribution in [2.45, 2.75) is 46.1 Å². The van der Waals surface area contributed by atoms with Crippen LogP contribution in [0.25, 0.3) is 0 Å². The van der Waals surface area contributed by atoms with Gasteiger partial charge in [0.05, 0.1) is 6.61 Å². The number of amides is 1. The molecular weight excluding hydrogens is 458 g/mol. The Labute approximate surface area is 213 Å². The van der Waals surface area contributed by atoms with E-state index in [0.717, 1.165) is 36.6 Å². The molecule has 0 atom stereocenters. The number of carbonyl (C=O) groups excluding carboxylic acids is 1. The molecule has 2 heterocycles. The van der Waals surface area contributed by atoms with Crippen LogP contribution in [-0.2, 0) is 13.0 Å². The van der Waals surface area contributed by atoms with Gasteiger partial charge in [-0.15, -0.1) is 0 Å². The number of hydrogen-bond acceptors (Lipinski definition) is 4. The molecule has 0 unspecified atom stereocenters. The van der Waals surface area contributed by atoms with Crippen LogP contribution in [0.15, 0.2) is 60.7 Å². The Balaban J connectivity index is 1.39. The quantitative estimate of drug-likeness (QED) is 0.366. The number of hydrogen-bond donors (Lipinski definition) is 1. The predicted molar refractivity (Wildman–Crippen MR) is 142 cm³/mol. The lowest BCUT2D eigenvalue weighted by atomic mass is 10.1. The number of nitrogens with one attached hydrogen (secondary N) is 1. The molecule has 5 nitrogen and oxygen atoms in total. The second-order valence-electron chi connectivity index (χ2n) is 9.64. The Kier molecular flexibility index (Phi) is 8.78. The van der Waals surface area contributed by atoms with Gasteiger partial charge in [-0.1, -0.05) is 50.1 Å². The van der Waals surface area contributed by atoms with Gasteiger partial charge in [0, 0.05) is 34.8 Å². The van der Waals surface area contributed by atoms with Gasteiger partial charge in [-0.25, -0.2) is 4.98 Å². The summed E-state index contributed by atoms with van der Waals surface area (Å²) in [4.78, 5) is 20.0. The molecule has 35 heavy (non-hydrogen) atoms. The fourth-order valence-electron chi connectivity index (χ4n) is 4.25. The summed E-state index contributed by atoms with van der Waals surface area (Å²) < 4.78 is 5.98. The molecule has 1 fully saturated rings. The lowest BCUT2D eigenvalue weighted by molar-refractivity contribution is 0.102. The second kappa shape index (κ2) is 12.2. The molecule has 6 heteroatoms. The number of pyridine rings is 1. The number of benzene rings is 2. The van der Waals surface area contributed by atoms with Crippen molar-refractivity contribution in [3.8, 4) is 5.75 Å². The van der Waals surface area contributed by atoms with Crippen LogP contribution in [0.2, 0.25) is 5.02 Å². The third kappa shape index (κ3) is 7.55. The first-order valence-corrected chi connectivity index (χ1v) is 12.8. The Morgan fingerprint density at radius 2 is 1.83 bits per heavy atom. The summed E-state index contributed by atoms with van der Waals surface area (Å²) in [7, 11) is 0. The minimum Gasteiger partial charge on any atom is -0.493 e. The molecule has 0 saturated carbocycles. The Morgan fingerprint density at radius 3 is 2.57 bits per heavy atom. The molecular formula is C29H34ClN3O2. The van der Waals surface area contributed by atoms with E-state index in [-0.39, 0.29) is 5.91 Å². The number of rotatable bonds is 9. The molecule has 1 aliphatic rings. The molecule has 1 amide bonds. The number of anilines is 1. The molecule has 0 aliphatic carbocycles. The Morgan fingerprint density at radius 1 is 1.06 bits per heavy atom. The normalized spacial score (nSPS) is 14.2. The summed E-state index contributed by atoms with van der Waals surface area (Å²) in [6.45, 7) is 8.12. The third-order valence-electron chi connectivity index (χ3n) is 6.09. The molecule has 1 aliphatic heterocycles. The highest BCUT2D eigenvalue weighted by molar-refractivity contribution is 6.30. The maximum atomic E-state index is 12.8. The van der Waals surface area contributed by atoms with E-state index >= 15 is 0 Å². The highest BCUT2D eigenvalue weighted by atomic mass is 35.5. The number of halogens is 1. The van der Waals surface area contributed by atoms with Gasteiger partial charge in [0.1, 0.15) is 11.6 Å². The van der Waals surface area contributed by atoms with E-state index in [1.165, 1.54) is 24.8 Å². The first-order valence-electron chi connectivity index (χ1n) is 12.5. The zero-order chi connectivity index (χ0) is 24.6. The van der Waals surface area contributed by atoms with Crippen molar-refractivity contribution in [3.05, 3.63) is 88.1 Å². The van der Waals surface area contributed by atoms with Crippen molar-refractivity contribution < 1.29 is 9.53 Å². The van der Waals surface area contributed by atoms with E-state index in [2.05, 4.69) is 29.0 Å². The van der Waals surface area contributed by atoms with E-state index in [1.807, 2.05) is 54.6 Å². The highest BCUT2D eigenvalue weighted by Gasteiger charge is 2.13. The number of carbonyl (C=O) groups is 1. The van der Waals surface area contributed by atoms with Crippen LogP contribution in [0.1, 0.15) is 60.3 Å². The fraction of sp³-hybridized carbons (Fsp3) is 0.379. The van der Waals surface area contributed by atoms with E-state index in [9.17, 15) is 4.79 Å². The maximum Gasteiger partial charge on any atom is 0.256 e. The van der Waals surface area contributed by atoms with E-state index in [0.29, 0.717) is 35.3 Å². The molecule has 3 aromatic rings. The summed E-state index contributed by atoms with van der Waals surface area (Å²) >= 11 is 6.24. The van der Waals surface area contributed by atoms with Crippen molar-refractivity contribution in [2.24, 2.45) is 5.92 Å². The van der Waals surface area contributed by atoms with Gasteiger partial charge in [0.15, 0.2) is 0 Å². The SMILES string of the molecule is CC(C)COc1ccc(Cl)cc1Cc1cccc(NC(=O)c2ccc(CN3CCCCC3)cc2)n1. The molecule has 1 saturated heterocycles. The first kappa shape index (κ1) is 25.2. The molecule has 4 rings (SSSR count). The van der Waals surface area contributed by atoms with Crippen LogP contribution in [-0.4, -0.2) is 35.5 Å². The van der Waals surface area contributed by atoms with Gasteiger partial charge in [0.25, 0.3) is 5.91 Å². The number of aromatic nitrogens is 1. The summed E-state index contributed by atoms with van der Waals surface area (Å²) in [6.07, 6.45) is 4.44. The fourth-order valence-corrected chi connectivity index (χ4v) is 4.45. The van der Waals surface area contributed by atoms with Crippen molar-refractivity contribution in [1.29, 1.82) is 0 Å². The van der Waals surface area contributed by atoms with Crippen LogP contribution < -0.4 is 10.1 Å². The lowest BCUT2D eigenvalue weighted by Gasteiger charge is -2.26. The second-order valence-corrected chi connectivity index (χ2v) is 10.1. The summed E-state index contributed by atoms with van der Waals surface area (Å²) in [5.74, 6) is 1.59. The Bertz CT molecular complexity index is 1130. The predicted octanol–water partition coefficient (Wildman–Crippen LogP) is 6.60. The van der Waals surface area contributed by atoms with Gasteiger partial charge in [-0.3, -0.25) is 9.69 Å². The Hall–Kier alpha value is -2.89. The number of nitrogens with zero attached hydrogens (tertiary/aromatic N) is 2. The zero-order valence-corrected chi connectivity index (χ0v) is 21.4. The van der Waals surface area contributed by atoms with Crippen molar-refractivity contribution in [2.75, 3.05) is 25.0 Å². The molecule has 1 aromatic heterocycles. The maximum absolute atomic E-state index is 12.8. The van der Waals surface area contributed by atoms with Crippen molar-refractivity contribution in [3.63, 3.8) is 0 Å². The van der Waals surface area contributed by atoms with E-state index in [4.69, 9.17) is 16.3 Å². The van der Waals surface area contributed by atoms with Gasteiger partial charge < -0.3 is 10.1 Å². The average molecular weight is 492 g/mol. The summed E-state index contributed by atoms with van der Waals surface area (Å²) in [6, 6.07) is 19.2. The van der Waals surface area contributed by atoms with Crippen LogP contribution in [0, 0.1) is 5.92 Å². The molecule has 0 bridgehead atoms.